The van der Waals surface area contributed by atoms with E-state index in [0.717, 1.165) is 0 Å². The van der Waals surface area contributed by atoms with Gasteiger partial charge in [-0.1, -0.05) is 0 Å². The molecular weight excluding hydrogens is 325 g/mol. The van der Waals surface area contributed by atoms with Crippen molar-refractivity contribution in [1.82, 2.24) is 5.32 Å². The summed E-state index contributed by atoms with van der Waals surface area (Å²) in [4.78, 5) is 21.8. The lowest BCUT2D eigenvalue weighted by atomic mass is 10.0. The predicted molar refractivity (Wildman–Crippen MR) is 84.2 cm³/mol. The predicted octanol–water partition coefficient (Wildman–Crippen LogP) is -0.677. The third-order valence-electron chi connectivity index (χ3n) is 2.95. The Morgan fingerprint density at radius 3 is 2.29 bits per heavy atom. The number of carbonyl (C=O) groups excluding carboxylic acids is 2. The summed E-state index contributed by atoms with van der Waals surface area (Å²) in [5, 5.41) is 2.58. The third kappa shape index (κ3) is 12.0. The number of nitrogens with two attached hydrogens (primary N) is 2. The van der Waals surface area contributed by atoms with Crippen LogP contribution in [0.5, 0.6) is 0 Å². The summed E-state index contributed by atoms with van der Waals surface area (Å²) in [5.74, 6) is -0.365. The number of rotatable bonds is 14. The molecular formula is C14H28FN3O6. The Hall–Kier alpha value is -1.49. The van der Waals surface area contributed by atoms with Gasteiger partial charge in [0.25, 0.3) is 0 Å². The van der Waals surface area contributed by atoms with Gasteiger partial charge in [0.15, 0.2) is 0 Å². The van der Waals surface area contributed by atoms with Crippen LogP contribution < -0.4 is 16.8 Å². The lowest BCUT2D eigenvalue weighted by molar-refractivity contribution is -0.135. The molecule has 2 amide bonds. The minimum atomic E-state index is -1.35. The lowest BCUT2D eigenvalue weighted by Gasteiger charge is -2.27. The molecule has 10 heteroatoms. The van der Waals surface area contributed by atoms with Gasteiger partial charge in [0.1, 0.15) is 19.4 Å². The second-order valence-corrected chi connectivity index (χ2v) is 5.34. The second kappa shape index (κ2) is 12.9. The lowest BCUT2D eigenvalue weighted by Crippen LogP contribution is -2.43. The van der Waals surface area contributed by atoms with Crippen LogP contribution in [-0.4, -0.2) is 76.5 Å². The zero-order chi connectivity index (χ0) is 18.4. The fourth-order valence-electron chi connectivity index (χ4n) is 1.46. The molecule has 5 N–H and O–H groups in total. The van der Waals surface area contributed by atoms with Gasteiger partial charge in [-0.05, 0) is 13.8 Å². The maximum absolute atomic E-state index is 13.5. The van der Waals surface area contributed by atoms with Crippen molar-refractivity contribution in [2.45, 2.75) is 25.6 Å². The summed E-state index contributed by atoms with van der Waals surface area (Å²) in [6, 6.07) is 0. The van der Waals surface area contributed by atoms with E-state index in [-0.39, 0.29) is 32.3 Å². The Kier molecular flexibility index (Phi) is 12.1. The smallest absolute Gasteiger partial charge is 0.404 e. The van der Waals surface area contributed by atoms with E-state index in [1.165, 1.54) is 13.8 Å². The molecule has 0 aromatic carbocycles. The summed E-state index contributed by atoms with van der Waals surface area (Å²) in [6.07, 6.45) is -2.19. The average molecular weight is 353 g/mol. The van der Waals surface area contributed by atoms with Crippen molar-refractivity contribution in [3.05, 3.63) is 0 Å². The van der Waals surface area contributed by atoms with Crippen molar-refractivity contribution < 1.29 is 32.9 Å². The van der Waals surface area contributed by atoms with Crippen molar-refractivity contribution in [3.8, 4) is 0 Å². The highest BCUT2D eigenvalue weighted by Crippen LogP contribution is 2.16. The van der Waals surface area contributed by atoms with Crippen LogP contribution in [0, 0.1) is 0 Å². The van der Waals surface area contributed by atoms with Crippen LogP contribution in [0.25, 0.3) is 0 Å². The number of carbonyl (C=O) groups is 2. The molecule has 0 aromatic rings. The van der Waals surface area contributed by atoms with E-state index in [1.807, 2.05) is 0 Å². The van der Waals surface area contributed by atoms with Crippen LogP contribution >= 0.6 is 0 Å². The van der Waals surface area contributed by atoms with Crippen molar-refractivity contribution in [2.75, 3.05) is 52.7 Å². The maximum Gasteiger partial charge on any atom is 0.404 e. The highest BCUT2D eigenvalue weighted by molar-refractivity contribution is 5.77. The standard InChI is InChI=1S/C14H28FN3O6/c1-14(2,11(15)9-16)24-10-12(19)18-3-4-21-5-6-22-7-8-23-13(17)20/h11H,3-10,16H2,1-2H3,(H2,17,20)(H,18,19). The number of hydrogen-bond acceptors (Lipinski definition) is 7. The number of hydrogen-bond donors (Lipinski definition) is 3. The molecule has 1 atom stereocenters. The van der Waals surface area contributed by atoms with E-state index in [0.29, 0.717) is 26.4 Å². The summed E-state index contributed by atoms with van der Waals surface area (Å²) >= 11 is 0. The number of amides is 2. The van der Waals surface area contributed by atoms with Gasteiger partial charge in [-0.3, -0.25) is 4.79 Å². The summed E-state index contributed by atoms with van der Waals surface area (Å²) in [6.45, 7) is 4.22. The minimum absolute atomic E-state index is 0.0889. The summed E-state index contributed by atoms with van der Waals surface area (Å²) < 4.78 is 33.5. The topological polar surface area (TPSA) is 135 Å². The molecule has 1 unspecified atom stereocenters. The SMILES string of the molecule is CC(C)(OCC(=O)NCCOCCOCCOC(N)=O)C(F)CN. The van der Waals surface area contributed by atoms with Crippen LogP contribution in [0.4, 0.5) is 9.18 Å². The number of halogens is 1. The molecule has 0 rings (SSSR count). The Morgan fingerprint density at radius 1 is 1.12 bits per heavy atom. The molecule has 9 nitrogen and oxygen atoms in total. The third-order valence-corrected chi connectivity index (χ3v) is 2.95. The first-order valence-electron chi connectivity index (χ1n) is 7.62. The summed E-state index contributed by atoms with van der Waals surface area (Å²) in [5.41, 5.74) is 8.89. The first-order chi connectivity index (χ1) is 11.3. The van der Waals surface area contributed by atoms with Gasteiger partial charge < -0.3 is 35.7 Å². The van der Waals surface area contributed by atoms with E-state index in [2.05, 4.69) is 10.1 Å². The molecule has 0 spiro atoms. The zero-order valence-electron chi connectivity index (χ0n) is 14.2. The fourth-order valence-corrected chi connectivity index (χ4v) is 1.46. The van der Waals surface area contributed by atoms with E-state index in [4.69, 9.17) is 25.7 Å². The molecule has 0 aliphatic rings. The van der Waals surface area contributed by atoms with Gasteiger partial charge in [-0.25, -0.2) is 9.18 Å². The largest absolute Gasteiger partial charge is 0.447 e. The molecule has 0 heterocycles. The molecule has 0 radical (unpaired) electrons. The van der Waals surface area contributed by atoms with E-state index < -0.39 is 17.9 Å². The molecule has 0 saturated heterocycles. The monoisotopic (exact) mass is 353 g/mol. The van der Waals surface area contributed by atoms with Crippen LogP contribution in [0.2, 0.25) is 0 Å². The molecule has 0 aliphatic carbocycles. The zero-order valence-corrected chi connectivity index (χ0v) is 14.2. The van der Waals surface area contributed by atoms with Crippen molar-refractivity contribution in [1.29, 1.82) is 0 Å². The number of alkyl halides is 1. The minimum Gasteiger partial charge on any atom is -0.447 e. The number of ether oxygens (including phenoxy) is 4. The van der Waals surface area contributed by atoms with E-state index >= 15 is 0 Å². The Morgan fingerprint density at radius 2 is 1.71 bits per heavy atom. The van der Waals surface area contributed by atoms with Crippen LogP contribution in [0.1, 0.15) is 13.8 Å². The van der Waals surface area contributed by atoms with Gasteiger partial charge >= 0.3 is 6.09 Å². The Bertz CT molecular complexity index is 370. The van der Waals surface area contributed by atoms with Gasteiger partial charge in [0.2, 0.25) is 5.91 Å². The quantitative estimate of drug-likeness (QED) is 0.352. The number of primary amides is 1. The number of nitrogens with one attached hydrogen (secondary N) is 1. The van der Waals surface area contributed by atoms with Crippen LogP contribution in [-0.2, 0) is 23.7 Å². The molecule has 0 saturated carbocycles. The van der Waals surface area contributed by atoms with E-state index in [9.17, 15) is 14.0 Å². The van der Waals surface area contributed by atoms with Crippen molar-refractivity contribution >= 4 is 12.0 Å². The van der Waals surface area contributed by atoms with Crippen molar-refractivity contribution in [3.63, 3.8) is 0 Å². The van der Waals surface area contributed by atoms with Crippen LogP contribution in [0.3, 0.4) is 0 Å². The maximum atomic E-state index is 13.5. The molecule has 0 aromatic heterocycles. The first-order valence-corrected chi connectivity index (χ1v) is 7.62. The van der Waals surface area contributed by atoms with Gasteiger partial charge in [-0.15, -0.1) is 0 Å². The van der Waals surface area contributed by atoms with Gasteiger partial charge in [0.05, 0.1) is 32.0 Å². The van der Waals surface area contributed by atoms with E-state index in [1.54, 1.807) is 0 Å². The molecule has 24 heavy (non-hydrogen) atoms. The normalized spacial score (nSPS) is 12.7. The first kappa shape index (κ1) is 22.5. The highest BCUT2D eigenvalue weighted by Gasteiger charge is 2.29. The molecule has 142 valence electrons. The Balaban J connectivity index is 3.48. The molecule has 0 fully saturated rings. The fraction of sp³-hybridized carbons (Fsp3) is 0.857. The summed E-state index contributed by atoms with van der Waals surface area (Å²) in [7, 11) is 0. The molecule has 0 bridgehead atoms. The highest BCUT2D eigenvalue weighted by atomic mass is 19.1. The average Bonchev–Trinajstić information content (AvgIpc) is 2.53. The second-order valence-electron chi connectivity index (χ2n) is 5.34. The Labute approximate surface area is 141 Å². The van der Waals surface area contributed by atoms with Crippen LogP contribution in [0.15, 0.2) is 0 Å². The van der Waals surface area contributed by atoms with Gasteiger partial charge in [0, 0.05) is 13.1 Å². The molecule has 0 aliphatic heterocycles. The van der Waals surface area contributed by atoms with Gasteiger partial charge in [-0.2, -0.15) is 0 Å². The van der Waals surface area contributed by atoms with Crippen molar-refractivity contribution in [2.24, 2.45) is 11.5 Å².